The van der Waals surface area contributed by atoms with E-state index < -0.39 is 5.91 Å². The first kappa shape index (κ1) is 23.4. The molecule has 2 aromatic carbocycles. The number of hydrogen-bond acceptors (Lipinski definition) is 6. The highest BCUT2D eigenvalue weighted by Gasteiger charge is 2.34. The van der Waals surface area contributed by atoms with Gasteiger partial charge in [0.25, 0.3) is 17.1 Å². The van der Waals surface area contributed by atoms with E-state index in [0.29, 0.717) is 16.6 Å². The number of nitrogens with zero attached hydrogens (tertiary/aromatic N) is 1. The number of thioether (sulfide) groups is 1. The molecule has 0 unspecified atom stereocenters. The first-order valence-electron chi connectivity index (χ1n) is 10.2. The molecule has 1 aliphatic heterocycles. The molecule has 0 aliphatic carbocycles. The average Bonchev–Trinajstić information content (AvgIpc) is 3.00. The molecule has 7 nitrogen and oxygen atoms in total. The molecule has 168 valence electrons. The molecule has 8 heteroatoms. The molecule has 0 radical (unpaired) electrons. The summed E-state index contributed by atoms with van der Waals surface area (Å²) in [6, 6.07) is 12.9. The number of ether oxygens (including phenoxy) is 2. The van der Waals surface area contributed by atoms with Crippen molar-refractivity contribution in [3.8, 4) is 11.5 Å². The number of nitrogens with two attached hydrogens (primary N) is 1. The van der Waals surface area contributed by atoms with E-state index in [1.807, 2.05) is 25.1 Å². The summed E-state index contributed by atoms with van der Waals surface area (Å²) in [5, 5.41) is -0.320. The van der Waals surface area contributed by atoms with Gasteiger partial charge in [-0.25, -0.2) is 0 Å². The Bertz CT molecular complexity index is 1050. The molecule has 3 rings (SSSR count). The highest BCUT2D eigenvalue weighted by Crippen LogP contribution is 2.33. The Morgan fingerprint density at radius 2 is 1.84 bits per heavy atom. The Morgan fingerprint density at radius 1 is 1.12 bits per heavy atom. The van der Waals surface area contributed by atoms with Gasteiger partial charge in [0, 0.05) is 0 Å². The number of aryl methyl sites for hydroxylation is 1. The molecule has 0 aromatic heterocycles. The Kier molecular flexibility index (Phi) is 7.58. The first-order valence-corrected chi connectivity index (χ1v) is 11.1. The Morgan fingerprint density at radius 3 is 2.50 bits per heavy atom. The lowest BCUT2D eigenvalue weighted by Crippen LogP contribution is -2.32. The zero-order valence-corrected chi connectivity index (χ0v) is 19.1. The summed E-state index contributed by atoms with van der Waals surface area (Å²) < 4.78 is 11.1. The van der Waals surface area contributed by atoms with E-state index in [1.54, 1.807) is 30.3 Å². The van der Waals surface area contributed by atoms with Crippen molar-refractivity contribution >= 4 is 34.9 Å². The number of carbonyl (C=O) groups excluding carboxylic acids is 3. The van der Waals surface area contributed by atoms with Crippen LogP contribution in [0.3, 0.4) is 0 Å². The summed E-state index contributed by atoms with van der Waals surface area (Å²) in [6.45, 7) is 6.37. The molecule has 2 N–H and O–H groups in total. The second-order valence-corrected chi connectivity index (χ2v) is 8.70. The lowest BCUT2D eigenvalue weighted by atomic mass is 10.0. The third-order valence-corrected chi connectivity index (χ3v) is 5.70. The summed E-state index contributed by atoms with van der Waals surface area (Å²) >= 11 is 0.902. The number of primary amides is 1. The predicted octanol–water partition coefficient (Wildman–Crippen LogP) is 4.10. The van der Waals surface area contributed by atoms with Gasteiger partial charge in [-0.3, -0.25) is 19.3 Å². The summed E-state index contributed by atoms with van der Waals surface area (Å²) in [7, 11) is 0. The largest absolute Gasteiger partial charge is 0.491 e. The number of hydrogen-bond donors (Lipinski definition) is 1. The van der Waals surface area contributed by atoms with E-state index in [0.717, 1.165) is 34.2 Å². The van der Waals surface area contributed by atoms with Crippen molar-refractivity contribution in [2.24, 2.45) is 5.73 Å². The van der Waals surface area contributed by atoms with Gasteiger partial charge in [-0.05, 0) is 65.6 Å². The minimum atomic E-state index is -0.561. The zero-order chi connectivity index (χ0) is 23.3. The molecule has 0 spiro atoms. The Labute approximate surface area is 191 Å². The summed E-state index contributed by atoms with van der Waals surface area (Å²) in [5.41, 5.74) is 7.97. The van der Waals surface area contributed by atoms with Crippen molar-refractivity contribution in [1.82, 2.24) is 4.90 Å². The van der Waals surface area contributed by atoms with E-state index in [4.69, 9.17) is 15.2 Å². The van der Waals surface area contributed by atoms with Crippen LogP contribution < -0.4 is 15.2 Å². The van der Waals surface area contributed by atoms with Crippen LogP contribution in [0.1, 0.15) is 36.5 Å². The lowest BCUT2D eigenvalue weighted by Gasteiger charge is -2.17. The van der Waals surface area contributed by atoms with Gasteiger partial charge in [0.2, 0.25) is 0 Å². The van der Waals surface area contributed by atoms with Crippen molar-refractivity contribution in [3.05, 3.63) is 64.1 Å². The van der Waals surface area contributed by atoms with Gasteiger partial charge in [-0.2, -0.15) is 0 Å². The van der Waals surface area contributed by atoms with Gasteiger partial charge in [0.1, 0.15) is 18.1 Å². The number of rotatable bonds is 9. The fourth-order valence-corrected chi connectivity index (χ4v) is 4.01. The van der Waals surface area contributed by atoms with Gasteiger partial charge in [0.05, 0.1) is 11.4 Å². The molecule has 0 atom stereocenters. The van der Waals surface area contributed by atoms with Crippen molar-refractivity contribution in [1.29, 1.82) is 0 Å². The third kappa shape index (κ3) is 5.91. The summed E-state index contributed by atoms with van der Waals surface area (Å²) in [6.07, 6.45) is 1.65. The second kappa shape index (κ2) is 10.4. The van der Waals surface area contributed by atoms with Gasteiger partial charge in [0.15, 0.2) is 6.61 Å². The maximum absolute atomic E-state index is 12.7. The van der Waals surface area contributed by atoms with Crippen LogP contribution in [0.5, 0.6) is 11.5 Å². The number of imide groups is 1. The number of carbonyl (C=O) groups is 3. The predicted molar refractivity (Wildman–Crippen MR) is 125 cm³/mol. The van der Waals surface area contributed by atoms with Gasteiger partial charge < -0.3 is 15.2 Å². The minimum absolute atomic E-state index is 0.174. The van der Waals surface area contributed by atoms with E-state index in [9.17, 15) is 14.4 Å². The Hall–Kier alpha value is -3.26. The highest BCUT2D eigenvalue weighted by molar-refractivity contribution is 8.18. The van der Waals surface area contributed by atoms with Gasteiger partial charge in [-0.15, -0.1) is 0 Å². The molecule has 1 fully saturated rings. The molecule has 1 heterocycles. The summed E-state index contributed by atoms with van der Waals surface area (Å²) in [5.74, 6) is 0.670. The molecule has 0 bridgehead atoms. The Balaban J connectivity index is 1.61. The van der Waals surface area contributed by atoms with Crippen LogP contribution >= 0.6 is 11.8 Å². The van der Waals surface area contributed by atoms with Crippen LogP contribution in [0.4, 0.5) is 4.79 Å². The lowest BCUT2D eigenvalue weighted by molar-refractivity contribution is -0.123. The standard InChI is InChI=1S/C24H26N2O5S/c1-15(2)19-9-4-16(3)12-20(19)30-11-10-26-23(28)21(32-24(26)29)13-17-5-7-18(8-6-17)31-14-22(25)27/h4-9,12-13,15H,10-11,14H2,1-3H3,(H2,25,27)/b21-13-. The van der Waals surface area contributed by atoms with Gasteiger partial charge in [-0.1, -0.05) is 38.1 Å². The van der Waals surface area contributed by atoms with Crippen LogP contribution in [0.15, 0.2) is 47.4 Å². The average molecular weight is 455 g/mol. The van der Waals surface area contributed by atoms with Crippen molar-refractivity contribution in [2.75, 3.05) is 19.8 Å². The van der Waals surface area contributed by atoms with Crippen LogP contribution in [-0.2, 0) is 9.59 Å². The van der Waals surface area contributed by atoms with E-state index in [-0.39, 0.29) is 30.9 Å². The molecule has 3 amide bonds. The maximum Gasteiger partial charge on any atom is 0.293 e. The molecular weight excluding hydrogens is 428 g/mol. The molecule has 1 saturated heterocycles. The van der Waals surface area contributed by atoms with Crippen LogP contribution in [0, 0.1) is 6.92 Å². The van der Waals surface area contributed by atoms with E-state index in [1.165, 1.54) is 4.90 Å². The van der Waals surface area contributed by atoms with Gasteiger partial charge >= 0.3 is 0 Å². The topological polar surface area (TPSA) is 98.9 Å². The number of benzene rings is 2. The van der Waals surface area contributed by atoms with Crippen LogP contribution in [0.25, 0.3) is 6.08 Å². The first-order chi connectivity index (χ1) is 15.2. The quantitative estimate of drug-likeness (QED) is 0.573. The van der Waals surface area contributed by atoms with Crippen molar-refractivity contribution in [3.63, 3.8) is 0 Å². The second-order valence-electron chi connectivity index (χ2n) is 7.70. The highest BCUT2D eigenvalue weighted by atomic mass is 32.2. The fourth-order valence-electron chi connectivity index (χ4n) is 3.15. The molecule has 1 aliphatic rings. The zero-order valence-electron chi connectivity index (χ0n) is 18.3. The maximum atomic E-state index is 12.7. The van der Waals surface area contributed by atoms with E-state index in [2.05, 4.69) is 13.8 Å². The SMILES string of the molecule is Cc1ccc(C(C)C)c(OCCN2C(=O)S/C(=C\c3ccc(OCC(N)=O)cc3)C2=O)c1. The molecular formula is C24H26N2O5S. The fraction of sp³-hybridized carbons (Fsp3) is 0.292. The summed E-state index contributed by atoms with van der Waals surface area (Å²) in [4.78, 5) is 37.4. The van der Waals surface area contributed by atoms with Crippen molar-refractivity contribution < 1.29 is 23.9 Å². The van der Waals surface area contributed by atoms with Crippen LogP contribution in [-0.4, -0.2) is 41.7 Å². The molecule has 0 saturated carbocycles. The van der Waals surface area contributed by atoms with Crippen molar-refractivity contribution in [2.45, 2.75) is 26.7 Å². The minimum Gasteiger partial charge on any atom is -0.491 e. The van der Waals surface area contributed by atoms with Crippen LogP contribution in [0.2, 0.25) is 0 Å². The number of amides is 3. The third-order valence-electron chi connectivity index (χ3n) is 4.80. The molecule has 32 heavy (non-hydrogen) atoms. The molecule has 2 aromatic rings. The monoisotopic (exact) mass is 454 g/mol. The van der Waals surface area contributed by atoms with E-state index >= 15 is 0 Å². The normalized spacial score (nSPS) is 15.0. The smallest absolute Gasteiger partial charge is 0.293 e.